The van der Waals surface area contributed by atoms with Gasteiger partial charge in [-0.25, -0.2) is 26.5 Å². The van der Waals surface area contributed by atoms with Crippen molar-refractivity contribution in [2.75, 3.05) is 57.2 Å². The van der Waals surface area contributed by atoms with E-state index in [0.29, 0.717) is 34.6 Å². The van der Waals surface area contributed by atoms with Gasteiger partial charge < -0.3 is 19.3 Å². The minimum absolute atomic E-state index is 0.0545. The lowest BCUT2D eigenvalue weighted by Gasteiger charge is -2.46. The monoisotopic (exact) mass is 638 g/mol. The summed E-state index contributed by atoms with van der Waals surface area (Å²) in [5.74, 6) is -2.82. The van der Waals surface area contributed by atoms with Crippen molar-refractivity contribution in [3.63, 3.8) is 0 Å². The molecule has 2 heterocycles. The number of pyridine rings is 1. The first-order valence-electron chi connectivity index (χ1n) is 13.8. The van der Waals surface area contributed by atoms with Crippen molar-refractivity contribution in [1.29, 1.82) is 0 Å². The number of methoxy groups -OCH3 is 2. The van der Waals surface area contributed by atoms with E-state index >= 15 is 8.78 Å². The molecule has 1 saturated heterocycles. The zero-order valence-electron chi connectivity index (χ0n) is 24.4. The molecule has 3 aromatic rings. The summed E-state index contributed by atoms with van der Waals surface area (Å²) in [5, 5.41) is -0.490. The smallest absolute Gasteiger partial charge is 0.271 e. The van der Waals surface area contributed by atoms with Gasteiger partial charge in [-0.2, -0.15) is 4.39 Å². The first-order chi connectivity index (χ1) is 20.4. The van der Waals surface area contributed by atoms with Gasteiger partial charge in [-0.3, -0.25) is 0 Å². The maximum atomic E-state index is 16.0. The molecule has 0 unspecified atom stereocenters. The number of hydrogen-bond acceptors (Lipinski definition) is 7. The van der Waals surface area contributed by atoms with Crippen molar-refractivity contribution in [2.24, 2.45) is 11.3 Å². The summed E-state index contributed by atoms with van der Waals surface area (Å²) in [7, 11) is 1.89. The summed E-state index contributed by atoms with van der Waals surface area (Å²) in [6, 6.07) is 9.12. The first kappa shape index (κ1) is 31.2. The number of sulfonamides is 1. The van der Waals surface area contributed by atoms with Gasteiger partial charge in [0, 0.05) is 37.3 Å². The molecule has 2 aromatic carbocycles. The zero-order valence-corrected chi connectivity index (χ0v) is 26.0. The van der Waals surface area contributed by atoms with E-state index in [4.69, 9.17) is 21.1 Å². The van der Waals surface area contributed by atoms with E-state index in [-0.39, 0.29) is 22.7 Å². The van der Waals surface area contributed by atoms with Crippen molar-refractivity contribution < 1.29 is 31.1 Å². The Bertz CT molecular complexity index is 1620. The van der Waals surface area contributed by atoms with Gasteiger partial charge in [0.15, 0.2) is 10.7 Å². The number of halogens is 4. The van der Waals surface area contributed by atoms with Crippen LogP contribution < -0.4 is 18.7 Å². The maximum absolute atomic E-state index is 16.0. The third-order valence-corrected chi connectivity index (χ3v) is 10.4. The van der Waals surface area contributed by atoms with Crippen molar-refractivity contribution in [2.45, 2.75) is 30.7 Å². The summed E-state index contributed by atoms with van der Waals surface area (Å²) in [4.78, 5) is 6.42. The summed E-state index contributed by atoms with van der Waals surface area (Å²) < 4.78 is 85.2. The molecule has 0 atom stereocenters. The topological polar surface area (TPSA) is 75.2 Å². The Balaban J connectivity index is 1.50. The molecular weight excluding hydrogens is 605 g/mol. The van der Waals surface area contributed by atoms with Gasteiger partial charge in [0.25, 0.3) is 10.0 Å². The molecule has 1 aromatic heterocycles. The highest BCUT2D eigenvalue weighted by Gasteiger charge is 2.49. The van der Waals surface area contributed by atoms with Gasteiger partial charge in [0.2, 0.25) is 5.95 Å². The van der Waals surface area contributed by atoms with E-state index in [9.17, 15) is 12.8 Å². The number of anilines is 2. The van der Waals surface area contributed by atoms with E-state index in [1.807, 2.05) is 19.0 Å². The van der Waals surface area contributed by atoms with Crippen LogP contribution in [0.1, 0.15) is 24.8 Å². The molecule has 2 aliphatic rings. The van der Waals surface area contributed by atoms with Crippen LogP contribution in [0.2, 0.25) is 5.02 Å². The average molecular weight is 639 g/mol. The summed E-state index contributed by atoms with van der Waals surface area (Å²) in [6.07, 6.45) is 2.89. The SMILES string of the molecule is COc1ccc(CN(c2cccc(F)n2)S(=O)(=O)c2c(F)cc(N3CCC4(CC(CN(C)C)C4)C3)c(Cl)c2F)c(OC)c1. The minimum atomic E-state index is -5.01. The van der Waals surface area contributed by atoms with Crippen molar-refractivity contribution in [1.82, 2.24) is 9.88 Å². The van der Waals surface area contributed by atoms with Crippen LogP contribution in [0.4, 0.5) is 24.7 Å². The van der Waals surface area contributed by atoms with Crippen LogP contribution in [0.3, 0.4) is 0 Å². The molecule has 1 spiro atoms. The van der Waals surface area contributed by atoms with Crippen molar-refractivity contribution in [3.8, 4) is 11.5 Å². The van der Waals surface area contributed by atoms with Gasteiger partial charge in [-0.15, -0.1) is 0 Å². The largest absolute Gasteiger partial charge is 0.497 e. The normalized spacial score (nSPS) is 20.0. The third kappa shape index (κ3) is 6.09. The van der Waals surface area contributed by atoms with E-state index in [1.165, 1.54) is 38.5 Å². The van der Waals surface area contributed by atoms with Crippen LogP contribution in [0.5, 0.6) is 11.5 Å². The second-order valence-corrected chi connectivity index (χ2v) is 13.7. The van der Waals surface area contributed by atoms with E-state index in [2.05, 4.69) is 9.88 Å². The molecule has 5 rings (SSSR count). The molecule has 0 amide bonds. The van der Waals surface area contributed by atoms with E-state index in [1.54, 1.807) is 6.07 Å². The lowest BCUT2D eigenvalue weighted by molar-refractivity contribution is 0.0592. The van der Waals surface area contributed by atoms with Crippen LogP contribution in [0.25, 0.3) is 0 Å². The molecule has 8 nitrogen and oxygen atoms in total. The Hall–Kier alpha value is -3.22. The van der Waals surface area contributed by atoms with Crippen molar-refractivity contribution in [3.05, 3.63) is 70.6 Å². The number of nitrogens with zero attached hydrogens (tertiary/aromatic N) is 4. The third-order valence-electron chi connectivity index (χ3n) is 8.26. The van der Waals surface area contributed by atoms with Gasteiger partial charge in [0.05, 0.1) is 26.5 Å². The molecule has 0 radical (unpaired) electrons. The molecule has 232 valence electrons. The highest BCUT2D eigenvalue weighted by atomic mass is 35.5. The quantitative estimate of drug-likeness (QED) is 0.207. The fourth-order valence-electron chi connectivity index (χ4n) is 6.39. The predicted octanol–water partition coefficient (Wildman–Crippen LogP) is 5.73. The summed E-state index contributed by atoms with van der Waals surface area (Å²) in [6.45, 7) is 1.64. The standard InChI is InChI=1S/C30H34ClF3N4O4S/c1-36(2)16-19-14-30(15-19)10-11-37(18-30)23-13-22(32)29(28(34)27(23)31)43(39,40)38(26-7-5-6-25(33)35-26)17-20-8-9-21(41-3)12-24(20)42-4/h5-9,12-13,19H,10-11,14-18H2,1-4H3. The minimum Gasteiger partial charge on any atom is -0.497 e. The Morgan fingerprint density at radius 1 is 1.09 bits per heavy atom. The second kappa shape index (κ2) is 12.0. The molecule has 1 aliphatic heterocycles. The lowest BCUT2D eigenvalue weighted by atomic mass is 9.61. The molecule has 0 bridgehead atoms. The Morgan fingerprint density at radius 3 is 2.49 bits per heavy atom. The molecule has 13 heteroatoms. The summed E-state index contributed by atoms with van der Waals surface area (Å²) in [5.41, 5.74) is 0.478. The number of ether oxygens (including phenoxy) is 2. The molecule has 1 aliphatic carbocycles. The van der Waals surface area contributed by atoms with Gasteiger partial charge in [0.1, 0.15) is 28.2 Å². The second-order valence-electron chi connectivity index (χ2n) is 11.6. The Labute approximate surface area is 255 Å². The van der Waals surface area contributed by atoms with Crippen LogP contribution in [0.15, 0.2) is 47.4 Å². The van der Waals surface area contributed by atoms with Crippen molar-refractivity contribution >= 4 is 33.1 Å². The summed E-state index contributed by atoms with van der Waals surface area (Å²) >= 11 is 6.44. The lowest BCUT2D eigenvalue weighted by Crippen LogP contribution is -2.43. The van der Waals surface area contributed by atoms with Crippen LogP contribution >= 0.6 is 11.6 Å². The van der Waals surface area contributed by atoms with Crippen LogP contribution in [0, 0.1) is 28.9 Å². The zero-order chi connectivity index (χ0) is 31.1. The number of rotatable bonds is 10. The van der Waals surface area contributed by atoms with Crippen LogP contribution in [-0.4, -0.2) is 66.3 Å². The van der Waals surface area contributed by atoms with Gasteiger partial charge >= 0.3 is 0 Å². The van der Waals surface area contributed by atoms with Gasteiger partial charge in [-0.1, -0.05) is 17.7 Å². The molecule has 2 fully saturated rings. The van der Waals surface area contributed by atoms with Crippen LogP contribution in [-0.2, 0) is 16.6 Å². The predicted molar refractivity (Wildman–Crippen MR) is 159 cm³/mol. The molecule has 1 saturated carbocycles. The number of benzene rings is 2. The number of hydrogen-bond donors (Lipinski definition) is 0. The Morgan fingerprint density at radius 2 is 1.84 bits per heavy atom. The first-order valence-corrected chi connectivity index (χ1v) is 15.6. The van der Waals surface area contributed by atoms with E-state index < -0.39 is 44.1 Å². The highest BCUT2D eigenvalue weighted by molar-refractivity contribution is 7.92. The van der Waals surface area contributed by atoms with Gasteiger partial charge in [-0.05, 0) is 69.0 Å². The fourth-order valence-corrected chi connectivity index (χ4v) is 8.23. The average Bonchev–Trinajstić information content (AvgIpc) is 3.38. The van der Waals surface area contributed by atoms with E-state index in [0.717, 1.165) is 37.9 Å². The molecular formula is C30H34ClF3N4O4S. The number of aromatic nitrogens is 1. The Kier molecular flexibility index (Phi) is 8.75. The maximum Gasteiger partial charge on any atom is 0.271 e. The molecule has 43 heavy (non-hydrogen) atoms. The molecule has 0 N–H and O–H groups in total. The highest BCUT2D eigenvalue weighted by Crippen LogP contribution is 2.53. The fraction of sp³-hybridized carbons (Fsp3) is 0.433.